The standard InChI is InChI=1S/C13H18F3N2O5P/c1-6-5-18(12(21)17-10(6)20)11-8(14)9(19)7(23-11)4-13(15,16)24(2,3)22/h5,7-9,11,19H,4H2,1-3H3,(H,17,20,21)/t7-,8-,9-,11-/m1/s1. The van der Waals surface area contributed by atoms with Crippen LogP contribution in [0, 0.1) is 6.92 Å². The summed E-state index contributed by atoms with van der Waals surface area (Å²) in [6.07, 6.45) is -7.53. The van der Waals surface area contributed by atoms with Crippen LogP contribution >= 0.6 is 7.14 Å². The lowest BCUT2D eigenvalue weighted by molar-refractivity contribution is -0.0629. The maximum absolute atomic E-state index is 14.3. The number of rotatable bonds is 4. The maximum atomic E-state index is 14.3. The molecule has 2 N–H and O–H groups in total. The highest BCUT2D eigenvalue weighted by Crippen LogP contribution is 2.57. The summed E-state index contributed by atoms with van der Waals surface area (Å²) in [6, 6.07) is 0. The quantitative estimate of drug-likeness (QED) is 0.772. The van der Waals surface area contributed by atoms with Crippen molar-refractivity contribution < 1.29 is 27.6 Å². The molecule has 0 saturated carbocycles. The summed E-state index contributed by atoms with van der Waals surface area (Å²) in [7, 11) is -3.85. The molecule has 0 spiro atoms. The molecule has 2 rings (SSSR count). The molecule has 0 amide bonds. The van der Waals surface area contributed by atoms with Gasteiger partial charge in [-0.3, -0.25) is 14.3 Å². The van der Waals surface area contributed by atoms with Crippen LogP contribution in [-0.2, 0) is 9.30 Å². The Morgan fingerprint density at radius 1 is 1.42 bits per heavy atom. The second-order valence-corrected chi connectivity index (χ2v) is 9.56. The van der Waals surface area contributed by atoms with Crippen LogP contribution < -0.4 is 11.2 Å². The fourth-order valence-electron chi connectivity index (χ4n) is 2.33. The molecule has 1 aromatic rings. The van der Waals surface area contributed by atoms with Gasteiger partial charge in [0.25, 0.3) is 11.2 Å². The number of aryl methyl sites for hydroxylation is 1. The number of aliphatic hydroxyl groups excluding tert-OH is 1. The average Bonchev–Trinajstić information content (AvgIpc) is 2.69. The fourth-order valence-corrected chi connectivity index (χ4v) is 2.95. The molecule has 0 aromatic carbocycles. The van der Waals surface area contributed by atoms with E-state index < -0.39 is 55.1 Å². The SMILES string of the molecule is Cc1cn([C@@H]2O[C@H](CC(F)(F)P(C)(C)=O)[C@@H](O)[C@H]2F)c(=O)[nH]c1=O. The van der Waals surface area contributed by atoms with Gasteiger partial charge in [-0.05, 0) is 20.3 Å². The van der Waals surface area contributed by atoms with Crippen molar-refractivity contribution in [1.82, 2.24) is 9.55 Å². The van der Waals surface area contributed by atoms with Crippen LogP contribution in [0.15, 0.2) is 15.8 Å². The van der Waals surface area contributed by atoms with Crippen molar-refractivity contribution in [1.29, 1.82) is 0 Å². The number of aromatic nitrogens is 2. The normalized spacial score (nSPS) is 28.3. The van der Waals surface area contributed by atoms with Gasteiger partial charge in [-0.2, -0.15) is 8.78 Å². The molecular formula is C13H18F3N2O5P. The molecule has 0 unspecified atom stereocenters. The zero-order valence-corrected chi connectivity index (χ0v) is 14.1. The van der Waals surface area contributed by atoms with Gasteiger partial charge in [-0.1, -0.05) is 0 Å². The summed E-state index contributed by atoms with van der Waals surface area (Å²) < 4.78 is 59.5. The Balaban J connectivity index is 2.31. The van der Waals surface area contributed by atoms with Crippen molar-refractivity contribution in [3.05, 3.63) is 32.6 Å². The zero-order valence-electron chi connectivity index (χ0n) is 13.2. The van der Waals surface area contributed by atoms with E-state index in [9.17, 15) is 32.4 Å². The molecule has 1 aromatic heterocycles. The molecule has 0 aliphatic carbocycles. The summed E-state index contributed by atoms with van der Waals surface area (Å²) in [5.41, 5.74) is -5.24. The van der Waals surface area contributed by atoms with E-state index in [4.69, 9.17) is 4.74 Å². The minimum atomic E-state index is -3.85. The van der Waals surface area contributed by atoms with Crippen molar-refractivity contribution >= 4 is 7.14 Å². The Hall–Kier alpha value is -1.38. The number of H-pyrrole nitrogens is 1. The lowest BCUT2D eigenvalue weighted by atomic mass is 10.1. The van der Waals surface area contributed by atoms with Gasteiger partial charge in [-0.15, -0.1) is 0 Å². The highest BCUT2D eigenvalue weighted by Gasteiger charge is 2.52. The Labute approximate surface area is 134 Å². The first-order chi connectivity index (χ1) is 10.8. The van der Waals surface area contributed by atoms with E-state index in [0.717, 1.165) is 19.5 Å². The number of alkyl halides is 3. The van der Waals surface area contributed by atoms with E-state index in [0.29, 0.717) is 4.57 Å². The number of nitrogens with zero attached hydrogens (tertiary/aromatic N) is 1. The predicted octanol–water partition coefficient (Wildman–Crippen LogP) is 1.05. The van der Waals surface area contributed by atoms with E-state index in [2.05, 4.69) is 0 Å². The third-order valence-electron chi connectivity index (χ3n) is 3.95. The number of nitrogens with one attached hydrogen (secondary N) is 1. The van der Waals surface area contributed by atoms with E-state index in [1.165, 1.54) is 6.92 Å². The van der Waals surface area contributed by atoms with Crippen molar-refractivity contribution in [3.63, 3.8) is 0 Å². The van der Waals surface area contributed by atoms with Crippen LogP contribution in [0.4, 0.5) is 13.2 Å². The van der Waals surface area contributed by atoms with Crippen molar-refractivity contribution in [3.8, 4) is 0 Å². The monoisotopic (exact) mass is 370 g/mol. The van der Waals surface area contributed by atoms with Crippen LogP contribution in [0.25, 0.3) is 0 Å². The summed E-state index contributed by atoms with van der Waals surface area (Å²) in [4.78, 5) is 25.0. The topological polar surface area (TPSA) is 101 Å². The third kappa shape index (κ3) is 3.36. The van der Waals surface area contributed by atoms with Crippen LogP contribution in [0.1, 0.15) is 18.2 Å². The number of aliphatic hydroxyl groups is 1. The Bertz CT molecular complexity index is 787. The van der Waals surface area contributed by atoms with E-state index in [1.807, 2.05) is 4.98 Å². The van der Waals surface area contributed by atoms with Gasteiger partial charge in [0.05, 0.1) is 6.10 Å². The van der Waals surface area contributed by atoms with Gasteiger partial charge in [0.1, 0.15) is 13.2 Å². The summed E-state index contributed by atoms with van der Waals surface area (Å²) in [5.74, 6) is 0. The summed E-state index contributed by atoms with van der Waals surface area (Å²) >= 11 is 0. The third-order valence-corrected chi connectivity index (χ3v) is 5.71. The molecule has 0 bridgehead atoms. The molecule has 1 fully saturated rings. The second-order valence-electron chi connectivity index (χ2n) is 6.20. The number of hydrogen-bond donors (Lipinski definition) is 2. The predicted molar refractivity (Wildman–Crippen MR) is 79.9 cm³/mol. The minimum Gasteiger partial charge on any atom is -0.387 e. The largest absolute Gasteiger partial charge is 0.387 e. The van der Waals surface area contributed by atoms with E-state index >= 15 is 0 Å². The van der Waals surface area contributed by atoms with Gasteiger partial charge < -0.3 is 14.4 Å². The minimum absolute atomic E-state index is 0.0836. The molecule has 0 radical (unpaired) electrons. The molecular weight excluding hydrogens is 352 g/mol. The molecule has 7 nitrogen and oxygen atoms in total. The van der Waals surface area contributed by atoms with Gasteiger partial charge in [0.15, 0.2) is 12.4 Å². The van der Waals surface area contributed by atoms with Crippen LogP contribution in [0.3, 0.4) is 0 Å². The Morgan fingerprint density at radius 2 is 2.00 bits per heavy atom. The van der Waals surface area contributed by atoms with Gasteiger partial charge in [0.2, 0.25) is 0 Å². The molecule has 1 aliphatic heterocycles. The number of ether oxygens (including phenoxy) is 1. The summed E-state index contributed by atoms with van der Waals surface area (Å²) in [5, 5.41) is 9.82. The van der Waals surface area contributed by atoms with Crippen molar-refractivity contribution in [2.24, 2.45) is 0 Å². The highest BCUT2D eigenvalue weighted by atomic mass is 31.2. The van der Waals surface area contributed by atoms with Crippen molar-refractivity contribution in [2.45, 2.75) is 43.6 Å². The first kappa shape index (κ1) is 19.0. The maximum Gasteiger partial charge on any atom is 0.330 e. The van der Waals surface area contributed by atoms with Gasteiger partial charge >= 0.3 is 5.69 Å². The Kier molecular flexibility index (Phi) is 4.87. The van der Waals surface area contributed by atoms with E-state index in [1.54, 1.807) is 0 Å². The molecule has 11 heteroatoms. The molecule has 24 heavy (non-hydrogen) atoms. The second kappa shape index (κ2) is 6.16. The number of aromatic amines is 1. The first-order valence-electron chi connectivity index (χ1n) is 7.08. The fraction of sp³-hybridized carbons (Fsp3) is 0.692. The van der Waals surface area contributed by atoms with Crippen LogP contribution in [0.5, 0.6) is 0 Å². The lowest BCUT2D eigenvalue weighted by Crippen LogP contribution is -2.36. The number of hydrogen-bond acceptors (Lipinski definition) is 5. The smallest absolute Gasteiger partial charge is 0.330 e. The van der Waals surface area contributed by atoms with Crippen molar-refractivity contribution in [2.75, 3.05) is 13.3 Å². The van der Waals surface area contributed by atoms with Gasteiger partial charge in [0, 0.05) is 18.2 Å². The number of halogens is 3. The first-order valence-corrected chi connectivity index (χ1v) is 9.68. The highest BCUT2D eigenvalue weighted by molar-refractivity contribution is 7.63. The zero-order chi connectivity index (χ0) is 18.4. The van der Waals surface area contributed by atoms with Crippen LogP contribution in [-0.4, -0.2) is 52.0 Å². The van der Waals surface area contributed by atoms with Crippen LogP contribution in [0.2, 0.25) is 0 Å². The molecule has 136 valence electrons. The lowest BCUT2D eigenvalue weighted by Gasteiger charge is -2.25. The molecule has 1 aliphatic rings. The Morgan fingerprint density at radius 3 is 2.54 bits per heavy atom. The van der Waals surface area contributed by atoms with Gasteiger partial charge in [-0.25, -0.2) is 9.18 Å². The van der Waals surface area contributed by atoms with E-state index in [-0.39, 0.29) is 5.56 Å². The molecule has 1 saturated heterocycles. The molecule has 4 atom stereocenters. The summed E-state index contributed by atoms with van der Waals surface area (Å²) in [6.45, 7) is 3.13. The molecule has 2 heterocycles. The average molecular weight is 370 g/mol.